The van der Waals surface area contributed by atoms with Crippen molar-refractivity contribution in [1.82, 2.24) is 0 Å². The molecule has 0 unspecified atom stereocenters. The first-order valence-corrected chi connectivity index (χ1v) is 12.7. The van der Waals surface area contributed by atoms with Gasteiger partial charge in [-0.05, 0) is 35.2 Å². The van der Waals surface area contributed by atoms with Gasteiger partial charge in [-0.25, -0.2) is 16.8 Å². The summed E-state index contributed by atoms with van der Waals surface area (Å²) in [5, 5.41) is 1.70. The fourth-order valence-corrected chi connectivity index (χ4v) is 6.59. The number of sulfone groups is 2. The number of hydrogen-bond acceptors (Lipinski definition) is 7. The molecule has 3 rings (SSSR count). The minimum Gasteiger partial charge on any atom is -0.497 e. The summed E-state index contributed by atoms with van der Waals surface area (Å²) in [5.41, 5.74) is 1.04. The van der Waals surface area contributed by atoms with E-state index in [1.54, 1.807) is 35.7 Å². The number of benzene rings is 2. The van der Waals surface area contributed by atoms with Crippen molar-refractivity contribution in [3.8, 4) is 11.5 Å². The number of thiophene rings is 1. The van der Waals surface area contributed by atoms with Gasteiger partial charge < -0.3 is 9.47 Å². The minimum absolute atomic E-state index is 0.118. The summed E-state index contributed by atoms with van der Waals surface area (Å²) in [7, 11) is -4.09. The fourth-order valence-electron chi connectivity index (χ4n) is 2.78. The first-order valence-electron chi connectivity index (χ1n) is 8.54. The van der Waals surface area contributed by atoms with Gasteiger partial charge in [0, 0.05) is 11.6 Å². The molecule has 0 saturated heterocycles. The van der Waals surface area contributed by atoms with Gasteiger partial charge in [0.25, 0.3) is 0 Å². The Morgan fingerprint density at radius 2 is 1.55 bits per heavy atom. The Morgan fingerprint density at radius 3 is 2.14 bits per heavy atom. The van der Waals surface area contributed by atoms with E-state index in [2.05, 4.69) is 0 Å². The first kappa shape index (κ1) is 21.4. The maximum absolute atomic E-state index is 12.8. The number of rotatable bonds is 8. The van der Waals surface area contributed by atoms with Gasteiger partial charge in [0.05, 0.1) is 30.6 Å². The van der Waals surface area contributed by atoms with Crippen LogP contribution in [-0.2, 0) is 31.2 Å². The second kappa shape index (κ2) is 8.56. The zero-order valence-electron chi connectivity index (χ0n) is 15.9. The Bertz CT molecular complexity index is 1180. The molecule has 0 fully saturated rings. The predicted octanol–water partition coefficient (Wildman–Crippen LogP) is 3.71. The molecule has 9 heteroatoms. The molecule has 0 spiro atoms. The molecule has 0 N–H and O–H groups in total. The van der Waals surface area contributed by atoms with E-state index in [9.17, 15) is 16.8 Å². The Hall–Kier alpha value is -2.36. The third-order valence-electron chi connectivity index (χ3n) is 4.28. The summed E-state index contributed by atoms with van der Waals surface area (Å²) in [6.07, 6.45) is 0. The van der Waals surface area contributed by atoms with E-state index in [-0.39, 0.29) is 16.4 Å². The van der Waals surface area contributed by atoms with Crippen molar-refractivity contribution in [2.45, 2.75) is 20.6 Å². The first-order chi connectivity index (χ1) is 13.7. The van der Waals surface area contributed by atoms with Crippen LogP contribution < -0.4 is 9.47 Å². The van der Waals surface area contributed by atoms with Crippen LogP contribution in [0.3, 0.4) is 0 Å². The molecule has 0 atom stereocenters. The largest absolute Gasteiger partial charge is 0.497 e. The van der Waals surface area contributed by atoms with Gasteiger partial charge in [-0.15, -0.1) is 11.3 Å². The molecule has 0 saturated carbocycles. The Kier molecular flexibility index (Phi) is 6.30. The van der Waals surface area contributed by atoms with Crippen LogP contribution in [0.25, 0.3) is 0 Å². The van der Waals surface area contributed by atoms with E-state index >= 15 is 0 Å². The molecule has 0 aliphatic heterocycles. The van der Waals surface area contributed by atoms with Crippen LogP contribution in [0.4, 0.5) is 0 Å². The van der Waals surface area contributed by atoms with Crippen LogP contribution in [0.2, 0.25) is 0 Å². The standard InChI is InChI=1S/C20H20O6S3/c1-25-17-8-7-16(19(12-17)26-2)14-28(21,22)18-9-5-15(6-10-18)13-29(23,24)20-4-3-11-27-20/h3-12H,13-14H2,1-2H3. The smallest absolute Gasteiger partial charge is 0.191 e. The van der Waals surface area contributed by atoms with E-state index < -0.39 is 19.7 Å². The van der Waals surface area contributed by atoms with Crippen LogP contribution in [0.5, 0.6) is 11.5 Å². The van der Waals surface area contributed by atoms with Crippen LogP contribution in [-0.4, -0.2) is 31.1 Å². The molecule has 0 aliphatic rings. The number of methoxy groups -OCH3 is 2. The van der Waals surface area contributed by atoms with E-state index in [1.165, 1.54) is 38.5 Å². The monoisotopic (exact) mass is 452 g/mol. The maximum Gasteiger partial charge on any atom is 0.191 e. The number of ether oxygens (including phenoxy) is 2. The van der Waals surface area contributed by atoms with Gasteiger partial charge in [-0.2, -0.15) is 0 Å². The molecule has 0 radical (unpaired) electrons. The van der Waals surface area contributed by atoms with Crippen LogP contribution >= 0.6 is 11.3 Å². The summed E-state index contributed by atoms with van der Waals surface area (Å²) in [6.45, 7) is 0. The average molecular weight is 453 g/mol. The van der Waals surface area contributed by atoms with Crippen LogP contribution in [0, 0.1) is 0 Å². The molecule has 154 valence electrons. The van der Waals surface area contributed by atoms with E-state index in [4.69, 9.17) is 9.47 Å². The lowest BCUT2D eigenvalue weighted by Crippen LogP contribution is -2.07. The summed E-state index contributed by atoms with van der Waals surface area (Å²) in [4.78, 5) is 0.118. The van der Waals surface area contributed by atoms with Crippen molar-refractivity contribution in [2.75, 3.05) is 14.2 Å². The van der Waals surface area contributed by atoms with Gasteiger partial charge in [0.2, 0.25) is 0 Å². The molecule has 0 amide bonds. The van der Waals surface area contributed by atoms with Gasteiger partial charge >= 0.3 is 0 Å². The molecular weight excluding hydrogens is 432 g/mol. The highest BCUT2D eigenvalue weighted by Crippen LogP contribution is 2.28. The Labute approximate surface area is 174 Å². The zero-order valence-corrected chi connectivity index (χ0v) is 18.3. The normalized spacial score (nSPS) is 11.9. The maximum atomic E-state index is 12.8. The summed E-state index contributed by atoms with van der Waals surface area (Å²) < 4.78 is 61.1. The van der Waals surface area contributed by atoms with Crippen molar-refractivity contribution in [1.29, 1.82) is 0 Å². The quantitative estimate of drug-likeness (QED) is 0.518. The number of hydrogen-bond donors (Lipinski definition) is 0. The van der Waals surface area contributed by atoms with Crippen LogP contribution in [0.1, 0.15) is 11.1 Å². The van der Waals surface area contributed by atoms with Gasteiger partial charge in [-0.3, -0.25) is 0 Å². The average Bonchev–Trinajstić information content (AvgIpc) is 3.24. The third-order valence-corrected chi connectivity index (χ3v) is 9.14. The van der Waals surface area contributed by atoms with Crippen molar-refractivity contribution >= 4 is 31.0 Å². The molecule has 0 aliphatic carbocycles. The van der Waals surface area contributed by atoms with Gasteiger partial charge in [-0.1, -0.05) is 24.3 Å². The molecule has 29 heavy (non-hydrogen) atoms. The lowest BCUT2D eigenvalue weighted by molar-refractivity contribution is 0.392. The second-order valence-corrected chi connectivity index (χ2v) is 11.4. The van der Waals surface area contributed by atoms with Crippen molar-refractivity contribution < 1.29 is 26.3 Å². The molecule has 0 bridgehead atoms. The highest BCUT2D eigenvalue weighted by Gasteiger charge is 2.20. The molecule has 6 nitrogen and oxygen atoms in total. The summed E-state index contributed by atoms with van der Waals surface area (Å²) in [6, 6.07) is 14.1. The fraction of sp³-hybridized carbons (Fsp3) is 0.200. The Morgan fingerprint density at radius 1 is 0.828 bits per heavy atom. The van der Waals surface area contributed by atoms with Crippen LogP contribution in [0.15, 0.2) is 69.1 Å². The van der Waals surface area contributed by atoms with Crippen molar-refractivity contribution in [2.24, 2.45) is 0 Å². The van der Waals surface area contributed by atoms with E-state index in [0.717, 1.165) is 11.3 Å². The zero-order chi connectivity index (χ0) is 21.1. The molecule has 3 aromatic rings. The van der Waals surface area contributed by atoms with Crippen molar-refractivity contribution in [3.63, 3.8) is 0 Å². The van der Waals surface area contributed by atoms with Gasteiger partial charge in [0.1, 0.15) is 15.7 Å². The van der Waals surface area contributed by atoms with E-state index in [0.29, 0.717) is 26.8 Å². The molecular formula is C20H20O6S3. The van der Waals surface area contributed by atoms with Crippen molar-refractivity contribution in [3.05, 3.63) is 71.1 Å². The highest BCUT2D eigenvalue weighted by atomic mass is 32.2. The molecule has 1 aromatic heterocycles. The van der Waals surface area contributed by atoms with Gasteiger partial charge in [0.15, 0.2) is 19.7 Å². The molecule has 1 heterocycles. The second-order valence-electron chi connectivity index (χ2n) is 6.27. The summed E-state index contributed by atoms with van der Waals surface area (Å²) in [5.74, 6) is 0.568. The van der Waals surface area contributed by atoms with E-state index in [1.807, 2.05) is 0 Å². The molecule has 2 aromatic carbocycles. The Balaban J connectivity index is 1.80. The lowest BCUT2D eigenvalue weighted by Gasteiger charge is -2.11. The minimum atomic E-state index is -3.64. The third kappa shape index (κ3) is 4.98. The topological polar surface area (TPSA) is 86.7 Å². The summed E-state index contributed by atoms with van der Waals surface area (Å²) >= 11 is 1.16. The highest BCUT2D eigenvalue weighted by molar-refractivity contribution is 7.92. The SMILES string of the molecule is COc1ccc(CS(=O)(=O)c2ccc(CS(=O)(=O)c3cccs3)cc2)c(OC)c1. The predicted molar refractivity (Wildman–Crippen MR) is 112 cm³/mol. The lowest BCUT2D eigenvalue weighted by atomic mass is 10.2.